The smallest absolute Gasteiger partial charge is 0.0807 e. The minimum absolute atomic E-state index is 0.0320. The molecule has 0 saturated carbocycles. The molecule has 1 heterocycles. The van der Waals surface area contributed by atoms with Gasteiger partial charge in [0.15, 0.2) is 0 Å². The third-order valence-corrected chi connectivity index (χ3v) is 1.81. The number of nitrogens with one attached hydrogen (secondary N) is 1. The minimum atomic E-state index is 0.0320. The molecule has 10 heavy (non-hydrogen) atoms. The van der Waals surface area contributed by atoms with E-state index < -0.39 is 0 Å². The quantitative estimate of drug-likeness (QED) is 0.345. The maximum absolute atomic E-state index is 8.67. The highest BCUT2D eigenvalue weighted by Crippen LogP contribution is 2.11. The molecule has 0 unspecified atom stereocenters. The Morgan fingerprint density at radius 3 is 2.80 bits per heavy atom. The zero-order chi connectivity index (χ0) is 7.40. The largest absolute Gasteiger partial charge is 0.394 e. The van der Waals surface area contributed by atoms with Crippen molar-refractivity contribution in [3.05, 3.63) is 0 Å². The Balaban J connectivity index is 2.17. The molecule has 0 bridgehead atoms. The molecule has 1 saturated heterocycles. The van der Waals surface area contributed by atoms with Gasteiger partial charge in [0.1, 0.15) is 0 Å². The van der Waals surface area contributed by atoms with Crippen LogP contribution in [-0.4, -0.2) is 30.5 Å². The average Bonchev–Trinajstić information content (AvgIpc) is 2.05. The summed E-state index contributed by atoms with van der Waals surface area (Å²) < 4.78 is 5.24. The van der Waals surface area contributed by atoms with Crippen LogP contribution < -0.4 is 11.3 Å². The van der Waals surface area contributed by atoms with Crippen molar-refractivity contribution in [1.82, 2.24) is 5.43 Å². The van der Waals surface area contributed by atoms with E-state index in [1.165, 1.54) is 0 Å². The van der Waals surface area contributed by atoms with Crippen LogP contribution in [0.4, 0.5) is 0 Å². The number of aliphatic hydroxyl groups is 1. The molecule has 1 aliphatic heterocycles. The lowest BCUT2D eigenvalue weighted by atomic mass is 10.1. The standard InChI is InChI=1S/C6H14N2O2/c7-8-5-1-2-6(3-9)10-4-5/h5-6,8-9H,1-4,7H2/t5-,6+/m0/s1. The van der Waals surface area contributed by atoms with Crippen LogP contribution in [0.3, 0.4) is 0 Å². The van der Waals surface area contributed by atoms with Crippen LogP contribution in [0.15, 0.2) is 0 Å². The van der Waals surface area contributed by atoms with Crippen LogP contribution in [0.25, 0.3) is 0 Å². The average molecular weight is 146 g/mol. The fourth-order valence-corrected chi connectivity index (χ4v) is 1.08. The number of ether oxygens (including phenoxy) is 1. The number of hydrogen-bond donors (Lipinski definition) is 3. The lowest BCUT2D eigenvalue weighted by Gasteiger charge is -2.26. The molecular formula is C6H14N2O2. The SMILES string of the molecule is NN[C@H]1CC[C@H](CO)OC1. The van der Waals surface area contributed by atoms with Crippen LogP contribution >= 0.6 is 0 Å². The van der Waals surface area contributed by atoms with Gasteiger partial charge in [0.05, 0.1) is 19.3 Å². The van der Waals surface area contributed by atoms with Crippen molar-refractivity contribution in [2.75, 3.05) is 13.2 Å². The molecule has 0 aliphatic carbocycles. The fraction of sp³-hybridized carbons (Fsp3) is 1.00. The van der Waals surface area contributed by atoms with Crippen molar-refractivity contribution in [2.45, 2.75) is 25.0 Å². The topological polar surface area (TPSA) is 67.5 Å². The Bertz CT molecular complexity index is 79.7. The van der Waals surface area contributed by atoms with Crippen molar-refractivity contribution in [1.29, 1.82) is 0 Å². The van der Waals surface area contributed by atoms with E-state index in [0.717, 1.165) is 12.8 Å². The van der Waals surface area contributed by atoms with Crippen molar-refractivity contribution in [2.24, 2.45) is 5.84 Å². The highest BCUT2D eigenvalue weighted by atomic mass is 16.5. The second kappa shape index (κ2) is 3.88. The van der Waals surface area contributed by atoms with E-state index in [1.54, 1.807) is 0 Å². The van der Waals surface area contributed by atoms with Crippen LogP contribution in [0, 0.1) is 0 Å². The molecule has 1 fully saturated rings. The van der Waals surface area contributed by atoms with E-state index in [4.69, 9.17) is 15.7 Å². The van der Waals surface area contributed by atoms with E-state index in [9.17, 15) is 0 Å². The Hall–Kier alpha value is -0.160. The van der Waals surface area contributed by atoms with Crippen molar-refractivity contribution in [3.8, 4) is 0 Å². The molecule has 2 atom stereocenters. The van der Waals surface area contributed by atoms with Crippen LogP contribution in [0.1, 0.15) is 12.8 Å². The van der Waals surface area contributed by atoms with E-state index in [0.29, 0.717) is 6.61 Å². The monoisotopic (exact) mass is 146 g/mol. The third-order valence-electron chi connectivity index (χ3n) is 1.81. The molecule has 4 N–H and O–H groups in total. The van der Waals surface area contributed by atoms with E-state index in [-0.39, 0.29) is 18.8 Å². The molecule has 0 aromatic carbocycles. The number of nitrogens with two attached hydrogens (primary N) is 1. The van der Waals surface area contributed by atoms with Crippen LogP contribution in [0.2, 0.25) is 0 Å². The van der Waals surface area contributed by atoms with Crippen molar-refractivity contribution in [3.63, 3.8) is 0 Å². The molecule has 0 spiro atoms. The lowest BCUT2D eigenvalue weighted by molar-refractivity contribution is -0.0316. The summed E-state index contributed by atoms with van der Waals surface area (Å²) in [5, 5.41) is 8.67. The summed E-state index contributed by atoms with van der Waals surface area (Å²) in [6.45, 7) is 0.735. The molecule has 0 radical (unpaired) electrons. The van der Waals surface area contributed by atoms with Gasteiger partial charge in [-0.3, -0.25) is 11.3 Å². The number of rotatable bonds is 2. The summed E-state index contributed by atoms with van der Waals surface area (Å²) in [7, 11) is 0. The molecule has 60 valence electrons. The van der Waals surface area contributed by atoms with Gasteiger partial charge >= 0.3 is 0 Å². The predicted octanol–water partition coefficient (Wildman–Crippen LogP) is -1.01. The summed E-state index contributed by atoms with van der Waals surface area (Å²) in [6, 6.07) is 0.266. The molecule has 1 aliphatic rings. The Kier molecular flexibility index (Phi) is 3.08. The Morgan fingerprint density at radius 1 is 1.60 bits per heavy atom. The Morgan fingerprint density at radius 2 is 2.40 bits per heavy atom. The normalized spacial score (nSPS) is 34.2. The number of aliphatic hydroxyl groups excluding tert-OH is 1. The zero-order valence-electron chi connectivity index (χ0n) is 5.92. The second-order valence-electron chi connectivity index (χ2n) is 2.58. The Labute approximate surface area is 60.3 Å². The van der Waals surface area contributed by atoms with Gasteiger partial charge in [-0.25, -0.2) is 0 Å². The summed E-state index contributed by atoms with van der Waals surface area (Å²) in [4.78, 5) is 0. The van der Waals surface area contributed by atoms with Gasteiger partial charge in [0.2, 0.25) is 0 Å². The first-order chi connectivity index (χ1) is 4.86. The molecule has 1 rings (SSSR count). The van der Waals surface area contributed by atoms with Gasteiger partial charge < -0.3 is 9.84 Å². The van der Waals surface area contributed by atoms with Crippen LogP contribution in [-0.2, 0) is 4.74 Å². The molecule has 0 aromatic rings. The summed E-state index contributed by atoms with van der Waals surface area (Å²) >= 11 is 0. The van der Waals surface area contributed by atoms with Gasteiger partial charge in [0.25, 0.3) is 0 Å². The van der Waals surface area contributed by atoms with Crippen molar-refractivity contribution >= 4 is 0 Å². The highest BCUT2D eigenvalue weighted by Gasteiger charge is 2.19. The zero-order valence-corrected chi connectivity index (χ0v) is 5.92. The lowest BCUT2D eigenvalue weighted by Crippen LogP contribution is -2.44. The fourth-order valence-electron chi connectivity index (χ4n) is 1.08. The predicted molar refractivity (Wildman–Crippen MR) is 37.2 cm³/mol. The minimum Gasteiger partial charge on any atom is -0.394 e. The summed E-state index contributed by atoms with van der Waals surface area (Å²) in [5.74, 6) is 5.20. The van der Waals surface area contributed by atoms with Gasteiger partial charge in [-0.15, -0.1) is 0 Å². The first-order valence-electron chi connectivity index (χ1n) is 3.55. The molecule has 0 aromatic heterocycles. The summed E-state index contributed by atoms with van der Waals surface area (Å²) in [5.41, 5.74) is 2.64. The van der Waals surface area contributed by atoms with E-state index in [2.05, 4.69) is 5.43 Å². The van der Waals surface area contributed by atoms with Gasteiger partial charge in [-0.05, 0) is 12.8 Å². The first-order valence-corrected chi connectivity index (χ1v) is 3.55. The van der Waals surface area contributed by atoms with E-state index in [1.807, 2.05) is 0 Å². The van der Waals surface area contributed by atoms with Gasteiger partial charge in [-0.2, -0.15) is 0 Å². The van der Waals surface area contributed by atoms with Gasteiger partial charge in [-0.1, -0.05) is 0 Å². The maximum Gasteiger partial charge on any atom is 0.0807 e. The van der Waals surface area contributed by atoms with Crippen molar-refractivity contribution < 1.29 is 9.84 Å². The summed E-state index contributed by atoms with van der Waals surface area (Å²) in [6.07, 6.45) is 1.91. The molecule has 0 amide bonds. The maximum atomic E-state index is 8.67. The third kappa shape index (κ3) is 1.91. The second-order valence-corrected chi connectivity index (χ2v) is 2.58. The van der Waals surface area contributed by atoms with E-state index >= 15 is 0 Å². The molecular weight excluding hydrogens is 132 g/mol. The van der Waals surface area contributed by atoms with Gasteiger partial charge in [0, 0.05) is 6.04 Å². The highest BCUT2D eigenvalue weighted by molar-refractivity contribution is 4.72. The van der Waals surface area contributed by atoms with Crippen LogP contribution in [0.5, 0.6) is 0 Å². The number of hydrogen-bond acceptors (Lipinski definition) is 4. The molecule has 4 heteroatoms. The number of hydrazine groups is 1. The molecule has 4 nitrogen and oxygen atoms in total. The first kappa shape index (κ1) is 7.94.